The van der Waals surface area contributed by atoms with Crippen LogP contribution in [0.15, 0.2) is 18.2 Å². The monoisotopic (exact) mass is 288 g/mol. The molecule has 0 saturated carbocycles. The van der Waals surface area contributed by atoms with E-state index in [1.54, 1.807) is 0 Å². The minimum absolute atomic E-state index is 0.242. The molecule has 2 fully saturated rings. The number of carbonyl (C=O) groups excluding carboxylic acids is 1. The summed E-state index contributed by atoms with van der Waals surface area (Å²) in [6.45, 7) is 8.91. The SMILES string of the molecule is Cc1ccc(CN2CCN([C@@H]3CCOC3)CC2=O)cc1C. The van der Waals surface area contributed by atoms with Crippen LogP contribution in [0, 0.1) is 13.8 Å². The minimum atomic E-state index is 0.242. The Kier molecular flexibility index (Phi) is 4.27. The molecule has 0 N–H and O–H groups in total. The second-order valence-electron chi connectivity index (χ2n) is 6.22. The molecule has 1 amide bonds. The fraction of sp³-hybridized carbons (Fsp3) is 0.588. The van der Waals surface area contributed by atoms with Gasteiger partial charge in [0.05, 0.1) is 13.2 Å². The molecule has 4 heteroatoms. The van der Waals surface area contributed by atoms with E-state index < -0.39 is 0 Å². The highest BCUT2D eigenvalue weighted by Crippen LogP contribution is 2.18. The molecule has 1 aromatic rings. The third kappa shape index (κ3) is 3.27. The lowest BCUT2D eigenvalue weighted by molar-refractivity contribution is -0.137. The van der Waals surface area contributed by atoms with Crippen molar-refractivity contribution in [2.24, 2.45) is 0 Å². The van der Waals surface area contributed by atoms with E-state index in [1.165, 1.54) is 16.7 Å². The lowest BCUT2D eigenvalue weighted by Gasteiger charge is -2.37. The van der Waals surface area contributed by atoms with E-state index in [0.29, 0.717) is 12.6 Å². The molecule has 4 nitrogen and oxygen atoms in total. The lowest BCUT2D eigenvalue weighted by atomic mass is 10.1. The van der Waals surface area contributed by atoms with Crippen molar-refractivity contribution in [3.05, 3.63) is 34.9 Å². The van der Waals surface area contributed by atoms with Crippen LogP contribution in [0.3, 0.4) is 0 Å². The van der Waals surface area contributed by atoms with Crippen LogP contribution in [0.25, 0.3) is 0 Å². The molecule has 1 atom stereocenters. The Morgan fingerprint density at radius 3 is 2.76 bits per heavy atom. The number of ether oxygens (including phenoxy) is 1. The van der Waals surface area contributed by atoms with Gasteiger partial charge >= 0.3 is 0 Å². The van der Waals surface area contributed by atoms with E-state index in [2.05, 4.69) is 36.9 Å². The van der Waals surface area contributed by atoms with Crippen molar-refractivity contribution >= 4 is 5.91 Å². The van der Waals surface area contributed by atoms with Gasteiger partial charge in [0, 0.05) is 32.3 Å². The normalized spacial score (nSPS) is 23.8. The van der Waals surface area contributed by atoms with Crippen LogP contribution in [0.5, 0.6) is 0 Å². The topological polar surface area (TPSA) is 32.8 Å². The van der Waals surface area contributed by atoms with E-state index in [4.69, 9.17) is 4.74 Å². The van der Waals surface area contributed by atoms with Gasteiger partial charge in [0.1, 0.15) is 0 Å². The van der Waals surface area contributed by atoms with Crippen molar-refractivity contribution in [2.45, 2.75) is 32.9 Å². The van der Waals surface area contributed by atoms with E-state index in [9.17, 15) is 4.79 Å². The first-order valence-electron chi connectivity index (χ1n) is 7.79. The first-order chi connectivity index (χ1) is 10.1. The molecule has 2 heterocycles. The van der Waals surface area contributed by atoms with E-state index >= 15 is 0 Å². The maximum Gasteiger partial charge on any atom is 0.237 e. The largest absolute Gasteiger partial charge is 0.380 e. The fourth-order valence-electron chi connectivity index (χ4n) is 3.14. The summed E-state index contributed by atoms with van der Waals surface area (Å²) in [4.78, 5) is 16.6. The number of aryl methyl sites for hydroxylation is 2. The molecule has 0 unspecified atom stereocenters. The predicted molar refractivity (Wildman–Crippen MR) is 82.1 cm³/mol. The number of piperazine rings is 1. The molecule has 0 spiro atoms. The molecule has 0 aromatic heterocycles. The number of carbonyl (C=O) groups is 1. The van der Waals surface area contributed by atoms with Gasteiger partial charge in [-0.3, -0.25) is 9.69 Å². The van der Waals surface area contributed by atoms with E-state index in [0.717, 1.165) is 39.3 Å². The van der Waals surface area contributed by atoms with E-state index in [-0.39, 0.29) is 5.91 Å². The zero-order chi connectivity index (χ0) is 14.8. The highest BCUT2D eigenvalue weighted by Gasteiger charge is 2.30. The summed E-state index contributed by atoms with van der Waals surface area (Å²) in [7, 11) is 0. The summed E-state index contributed by atoms with van der Waals surface area (Å²) in [5.41, 5.74) is 3.82. The van der Waals surface area contributed by atoms with Crippen LogP contribution in [-0.2, 0) is 16.1 Å². The van der Waals surface area contributed by atoms with Gasteiger partial charge in [-0.2, -0.15) is 0 Å². The predicted octanol–water partition coefficient (Wildman–Crippen LogP) is 1.74. The average molecular weight is 288 g/mol. The number of hydrogen-bond donors (Lipinski definition) is 0. The van der Waals surface area contributed by atoms with Crippen molar-refractivity contribution < 1.29 is 9.53 Å². The third-order valence-electron chi connectivity index (χ3n) is 4.71. The summed E-state index contributed by atoms with van der Waals surface area (Å²) in [6, 6.07) is 6.91. The smallest absolute Gasteiger partial charge is 0.237 e. The quantitative estimate of drug-likeness (QED) is 0.849. The first kappa shape index (κ1) is 14.5. The number of nitrogens with zero attached hydrogens (tertiary/aromatic N) is 2. The van der Waals surface area contributed by atoms with Gasteiger partial charge in [-0.1, -0.05) is 18.2 Å². The van der Waals surface area contributed by atoms with Crippen molar-refractivity contribution in [1.29, 1.82) is 0 Å². The van der Waals surface area contributed by atoms with E-state index in [1.807, 2.05) is 4.90 Å². The zero-order valence-electron chi connectivity index (χ0n) is 13.0. The zero-order valence-corrected chi connectivity index (χ0v) is 13.0. The highest BCUT2D eigenvalue weighted by atomic mass is 16.5. The average Bonchev–Trinajstić information content (AvgIpc) is 2.99. The molecule has 2 saturated heterocycles. The van der Waals surface area contributed by atoms with Crippen LogP contribution < -0.4 is 0 Å². The molecule has 114 valence electrons. The number of benzene rings is 1. The molecule has 2 aliphatic rings. The minimum Gasteiger partial charge on any atom is -0.380 e. The maximum absolute atomic E-state index is 12.4. The van der Waals surface area contributed by atoms with Crippen LogP contribution in [-0.4, -0.2) is 54.6 Å². The summed E-state index contributed by atoms with van der Waals surface area (Å²) in [6.07, 6.45) is 1.06. The second kappa shape index (κ2) is 6.16. The van der Waals surface area contributed by atoms with Gasteiger partial charge in [-0.05, 0) is 37.0 Å². The molecule has 1 aromatic carbocycles. The molecule has 0 aliphatic carbocycles. The summed E-state index contributed by atoms with van der Waals surface area (Å²) >= 11 is 0. The Balaban J connectivity index is 1.60. The van der Waals surface area contributed by atoms with Gasteiger partial charge in [-0.25, -0.2) is 0 Å². The molecule has 21 heavy (non-hydrogen) atoms. The number of rotatable bonds is 3. The van der Waals surface area contributed by atoms with Crippen LogP contribution in [0.4, 0.5) is 0 Å². The van der Waals surface area contributed by atoms with Crippen LogP contribution in [0.2, 0.25) is 0 Å². The Morgan fingerprint density at radius 2 is 2.10 bits per heavy atom. The molecular formula is C17H24N2O2. The standard InChI is InChI=1S/C17H24N2O2/c1-13-3-4-15(9-14(13)2)10-19-7-6-18(11-17(19)20)16-5-8-21-12-16/h3-4,9,16H,5-8,10-12H2,1-2H3/t16-/m1/s1. The maximum atomic E-state index is 12.4. The van der Waals surface area contributed by atoms with Crippen molar-refractivity contribution in [3.8, 4) is 0 Å². The number of amides is 1. The Hall–Kier alpha value is -1.39. The molecular weight excluding hydrogens is 264 g/mol. The Labute approximate surface area is 126 Å². The lowest BCUT2D eigenvalue weighted by Crippen LogP contribution is -2.53. The van der Waals surface area contributed by atoms with Crippen molar-refractivity contribution in [1.82, 2.24) is 9.80 Å². The van der Waals surface area contributed by atoms with Crippen molar-refractivity contribution in [3.63, 3.8) is 0 Å². The molecule has 2 aliphatic heterocycles. The molecule has 0 radical (unpaired) electrons. The molecule has 0 bridgehead atoms. The Bertz CT molecular complexity index is 524. The van der Waals surface area contributed by atoms with Gasteiger partial charge in [0.15, 0.2) is 0 Å². The first-order valence-corrected chi connectivity index (χ1v) is 7.79. The van der Waals surface area contributed by atoms with Crippen LogP contribution in [0.1, 0.15) is 23.1 Å². The molecule has 3 rings (SSSR count). The third-order valence-corrected chi connectivity index (χ3v) is 4.71. The fourth-order valence-corrected chi connectivity index (χ4v) is 3.14. The van der Waals surface area contributed by atoms with Gasteiger partial charge in [0.2, 0.25) is 5.91 Å². The van der Waals surface area contributed by atoms with Gasteiger partial charge in [-0.15, -0.1) is 0 Å². The van der Waals surface area contributed by atoms with Crippen LogP contribution >= 0.6 is 0 Å². The Morgan fingerprint density at radius 1 is 1.24 bits per heavy atom. The van der Waals surface area contributed by atoms with Gasteiger partial charge in [0.25, 0.3) is 0 Å². The number of hydrogen-bond acceptors (Lipinski definition) is 3. The second-order valence-corrected chi connectivity index (χ2v) is 6.22. The van der Waals surface area contributed by atoms with Crippen molar-refractivity contribution in [2.75, 3.05) is 32.8 Å². The van der Waals surface area contributed by atoms with Gasteiger partial charge < -0.3 is 9.64 Å². The highest BCUT2D eigenvalue weighted by molar-refractivity contribution is 5.79. The summed E-state index contributed by atoms with van der Waals surface area (Å²) < 4.78 is 5.43. The summed E-state index contributed by atoms with van der Waals surface area (Å²) in [5, 5.41) is 0. The summed E-state index contributed by atoms with van der Waals surface area (Å²) in [5.74, 6) is 0.242.